The van der Waals surface area contributed by atoms with Crippen molar-refractivity contribution in [3.63, 3.8) is 0 Å². The third-order valence-corrected chi connectivity index (χ3v) is 1.81. The van der Waals surface area contributed by atoms with Gasteiger partial charge in [-0.05, 0) is 31.2 Å². The van der Waals surface area contributed by atoms with Crippen molar-refractivity contribution in [2.24, 2.45) is 0 Å². The summed E-state index contributed by atoms with van der Waals surface area (Å²) < 4.78 is 12.5. The molecule has 0 fully saturated rings. The number of rotatable bonds is 3. The van der Waals surface area contributed by atoms with E-state index < -0.39 is 23.7 Å². The molecule has 0 saturated heterocycles. The van der Waals surface area contributed by atoms with Crippen molar-refractivity contribution < 1.29 is 19.1 Å². The molecule has 1 N–H and O–H groups in total. The fourth-order valence-corrected chi connectivity index (χ4v) is 0.940. The van der Waals surface area contributed by atoms with Crippen LogP contribution in [0.25, 0.3) is 0 Å². The second-order valence-electron chi connectivity index (χ2n) is 3.02. The topological polar surface area (TPSA) is 69.2 Å². The number of carboxylic acid groups (broad SMARTS) is 1. The van der Waals surface area contributed by atoms with E-state index in [4.69, 9.17) is 0 Å². The van der Waals surface area contributed by atoms with E-state index in [1.54, 1.807) is 0 Å². The van der Waals surface area contributed by atoms with Gasteiger partial charge in [-0.3, -0.25) is 4.79 Å². The lowest BCUT2D eigenvalue weighted by molar-refractivity contribution is -0.307. The Kier molecular flexibility index (Phi) is 3.38. The molecule has 5 heteroatoms. The number of nitrogens with one attached hydrogen (secondary N) is 1. The number of carbonyl (C=O) groups is 2. The molecule has 0 spiro atoms. The molecule has 0 bridgehead atoms. The van der Waals surface area contributed by atoms with Crippen molar-refractivity contribution in [2.75, 3.05) is 0 Å². The van der Waals surface area contributed by atoms with E-state index in [1.165, 1.54) is 19.1 Å². The summed E-state index contributed by atoms with van der Waals surface area (Å²) in [6.45, 7) is 1.29. The fraction of sp³-hybridized carbons (Fsp3) is 0.200. The Morgan fingerprint density at radius 1 is 1.33 bits per heavy atom. The normalized spacial score (nSPS) is 11.9. The van der Waals surface area contributed by atoms with Crippen LogP contribution in [0.15, 0.2) is 24.3 Å². The average Bonchev–Trinajstić information content (AvgIpc) is 2.18. The minimum atomic E-state index is -1.37. The molecule has 1 aromatic rings. The van der Waals surface area contributed by atoms with Crippen LogP contribution in [0.4, 0.5) is 4.39 Å². The van der Waals surface area contributed by atoms with Crippen LogP contribution in [-0.4, -0.2) is 17.9 Å². The van der Waals surface area contributed by atoms with Crippen molar-refractivity contribution in [2.45, 2.75) is 13.0 Å². The van der Waals surface area contributed by atoms with Crippen molar-refractivity contribution >= 4 is 11.9 Å². The highest BCUT2D eigenvalue weighted by Gasteiger charge is 2.09. The lowest BCUT2D eigenvalue weighted by Crippen LogP contribution is -2.45. The maximum Gasteiger partial charge on any atom is 0.251 e. The molecule has 0 aromatic heterocycles. The highest BCUT2D eigenvalue weighted by Crippen LogP contribution is 2.02. The zero-order valence-electron chi connectivity index (χ0n) is 7.99. The molecule has 1 rings (SSSR count). The molecule has 15 heavy (non-hydrogen) atoms. The van der Waals surface area contributed by atoms with E-state index in [-0.39, 0.29) is 5.56 Å². The van der Waals surface area contributed by atoms with E-state index >= 15 is 0 Å². The van der Waals surface area contributed by atoms with Crippen molar-refractivity contribution in [1.29, 1.82) is 0 Å². The maximum absolute atomic E-state index is 12.5. The predicted molar refractivity (Wildman–Crippen MR) is 48.3 cm³/mol. The van der Waals surface area contributed by atoms with Gasteiger partial charge in [0.25, 0.3) is 5.91 Å². The zero-order valence-corrected chi connectivity index (χ0v) is 7.99. The Morgan fingerprint density at radius 2 is 1.87 bits per heavy atom. The monoisotopic (exact) mass is 210 g/mol. The summed E-state index contributed by atoms with van der Waals surface area (Å²) in [6.07, 6.45) is 0. The third-order valence-electron chi connectivity index (χ3n) is 1.81. The Bertz CT molecular complexity index is 375. The molecule has 0 heterocycles. The summed E-state index contributed by atoms with van der Waals surface area (Å²) in [4.78, 5) is 21.7. The first kappa shape index (κ1) is 11.2. The number of benzene rings is 1. The van der Waals surface area contributed by atoms with Crippen molar-refractivity contribution in [1.82, 2.24) is 5.32 Å². The number of amides is 1. The van der Waals surface area contributed by atoms with Gasteiger partial charge >= 0.3 is 0 Å². The van der Waals surface area contributed by atoms with Gasteiger partial charge in [-0.2, -0.15) is 0 Å². The summed E-state index contributed by atoms with van der Waals surface area (Å²) in [5.74, 6) is -2.41. The van der Waals surface area contributed by atoms with Gasteiger partial charge in [0.1, 0.15) is 5.82 Å². The molecule has 0 unspecified atom stereocenters. The number of carbonyl (C=O) groups excluding carboxylic acids is 2. The minimum absolute atomic E-state index is 0.199. The SMILES string of the molecule is C[C@@H](NC(=O)c1ccc(F)cc1)C(=O)[O-]. The first-order chi connectivity index (χ1) is 7.00. The van der Waals surface area contributed by atoms with Gasteiger partial charge in [-0.25, -0.2) is 4.39 Å². The van der Waals surface area contributed by atoms with Gasteiger partial charge in [0.2, 0.25) is 0 Å². The van der Waals surface area contributed by atoms with E-state index in [2.05, 4.69) is 5.32 Å². The van der Waals surface area contributed by atoms with Crippen LogP contribution in [-0.2, 0) is 4.79 Å². The second-order valence-corrected chi connectivity index (χ2v) is 3.02. The summed E-state index contributed by atoms with van der Waals surface area (Å²) >= 11 is 0. The van der Waals surface area contributed by atoms with Gasteiger partial charge in [0, 0.05) is 5.56 Å². The lowest BCUT2D eigenvalue weighted by Gasteiger charge is -2.14. The highest BCUT2D eigenvalue weighted by molar-refractivity contribution is 5.96. The smallest absolute Gasteiger partial charge is 0.251 e. The van der Waals surface area contributed by atoms with Gasteiger partial charge in [0.15, 0.2) is 0 Å². The van der Waals surface area contributed by atoms with E-state index in [0.29, 0.717) is 0 Å². The molecular formula is C10H9FNO3-. The molecule has 1 aromatic carbocycles. The minimum Gasteiger partial charge on any atom is -0.548 e. The Labute approximate surface area is 85.7 Å². The first-order valence-corrected chi connectivity index (χ1v) is 4.28. The average molecular weight is 210 g/mol. The molecular weight excluding hydrogens is 201 g/mol. The summed E-state index contributed by atoms with van der Waals surface area (Å²) in [7, 11) is 0. The molecule has 0 aliphatic carbocycles. The van der Waals surface area contributed by atoms with E-state index in [9.17, 15) is 19.1 Å². The van der Waals surface area contributed by atoms with Crippen LogP contribution in [0, 0.1) is 5.82 Å². The van der Waals surface area contributed by atoms with E-state index in [1.807, 2.05) is 0 Å². The van der Waals surface area contributed by atoms with Crippen LogP contribution in [0.5, 0.6) is 0 Å². The number of hydrogen-bond acceptors (Lipinski definition) is 3. The molecule has 1 amide bonds. The van der Waals surface area contributed by atoms with Gasteiger partial charge < -0.3 is 15.2 Å². The Balaban J connectivity index is 2.69. The number of halogens is 1. The molecule has 4 nitrogen and oxygen atoms in total. The highest BCUT2D eigenvalue weighted by atomic mass is 19.1. The van der Waals surface area contributed by atoms with Crippen LogP contribution in [0.1, 0.15) is 17.3 Å². The molecule has 0 aliphatic rings. The van der Waals surface area contributed by atoms with Crippen LogP contribution in [0.3, 0.4) is 0 Å². The van der Waals surface area contributed by atoms with Gasteiger partial charge in [-0.15, -0.1) is 0 Å². The fourth-order valence-electron chi connectivity index (χ4n) is 0.940. The third kappa shape index (κ3) is 3.05. The standard InChI is InChI=1S/C10H10FNO3/c1-6(10(14)15)12-9(13)7-2-4-8(11)5-3-7/h2-6H,1H3,(H,12,13)(H,14,15)/p-1/t6-/m1/s1. The molecule has 0 saturated carbocycles. The summed E-state index contributed by atoms with van der Waals surface area (Å²) in [5.41, 5.74) is 0.199. The Morgan fingerprint density at radius 3 is 2.33 bits per heavy atom. The molecule has 80 valence electrons. The number of carboxylic acids is 1. The largest absolute Gasteiger partial charge is 0.548 e. The Hall–Kier alpha value is -1.91. The van der Waals surface area contributed by atoms with Gasteiger partial charge in [0.05, 0.1) is 12.0 Å². The predicted octanol–water partition coefficient (Wildman–Crippen LogP) is -0.306. The van der Waals surface area contributed by atoms with Crippen molar-refractivity contribution in [3.05, 3.63) is 35.6 Å². The lowest BCUT2D eigenvalue weighted by atomic mass is 10.2. The molecule has 1 atom stereocenters. The van der Waals surface area contributed by atoms with Crippen molar-refractivity contribution in [3.8, 4) is 0 Å². The summed E-state index contributed by atoms with van der Waals surface area (Å²) in [5, 5.41) is 12.5. The summed E-state index contributed by atoms with van der Waals surface area (Å²) in [6, 6.07) is 3.71. The van der Waals surface area contributed by atoms with Crippen LogP contribution in [0.2, 0.25) is 0 Å². The maximum atomic E-state index is 12.5. The molecule has 0 aliphatic heterocycles. The molecule has 0 radical (unpaired) electrons. The quantitative estimate of drug-likeness (QED) is 0.744. The number of hydrogen-bond donors (Lipinski definition) is 1. The van der Waals surface area contributed by atoms with Gasteiger partial charge in [-0.1, -0.05) is 0 Å². The van der Waals surface area contributed by atoms with Crippen LogP contribution < -0.4 is 10.4 Å². The van der Waals surface area contributed by atoms with Crippen LogP contribution >= 0.6 is 0 Å². The van der Waals surface area contributed by atoms with E-state index in [0.717, 1.165) is 12.1 Å². The first-order valence-electron chi connectivity index (χ1n) is 4.28. The number of aliphatic carboxylic acids is 1. The zero-order chi connectivity index (χ0) is 11.4. The second kappa shape index (κ2) is 4.54.